The molecule has 2 aliphatic heterocycles. The Morgan fingerprint density at radius 2 is 1.81 bits per heavy atom. The number of β-amino-alcohol motifs (C(OH)–C–C–N with tert-alkyl or cyclic N) is 1. The number of nitrogens with zero attached hydrogens (tertiary/aromatic N) is 4. The van der Waals surface area contributed by atoms with Crippen LogP contribution in [0.2, 0.25) is 5.02 Å². The van der Waals surface area contributed by atoms with Gasteiger partial charge in [0.25, 0.3) is 0 Å². The normalized spacial score (nSPS) is 21.5. The molecule has 31 heavy (non-hydrogen) atoms. The predicted octanol–water partition coefficient (Wildman–Crippen LogP) is 3.87. The number of piperidine rings is 1. The molecule has 3 aromatic rings. The topological polar surface area (TPSA) is 64.5 Å². The van der Waals surface area contributed by atoms with Crippen LogP contribution in [-0.4, -0.2) is 51.8 Å². The van der Waals surface area contributed by atoms with Crippen molar-refractivity contribution in [1.82, 2.24) is 14.9 Å². The van der Waals surface area contributed by atoms with Crippen molar-refractivity contribution in [2.75, 3.05) is 29.9 Å². The van der Waals surface area contributed by atoms with Gasteiger partial charge in [-0.25, -0.2) is 9.97 Å². The van der Waals surface area contributed by atoms with Gasteiger partial charge in [0.15, 0.2) is 0 Å². The highest BCUT2D eigenvalue weighted by Gasteiger charge is 2.34. The van der Waals surface area contributed by atoms with E-state index in [4.69, 9.17) is 11.6 Å². The summed E-state index contributed by atoms with van der Waals surface area (Å²) in [6, 6.07) is 18.3. The standard InChI is InChI=1S/C24H26ClN5O/c25-19-7-3-4-8-20(19)28-23-13-24(27-16-26-23)30-12-10-21(22(31)15-30)29-11-9-17-5-1-2-6-18(17)14-29/h1-8,13,16,21-22,31H,9-12,14-15H2,(H,26,27,28)/t21-,22-/m0/s1. The lowest BCUT2D eigenvalue weighted by Gasteiger charge is -2.43. The minimum atomic E-state index is -0.422. The lowest BCUT2D eigenvalue weighted by molar-refractivity contribution is 0.0293. The van der Waals surface area contributed by atoms with Crippen LogP contribution in [0.15, 0.2) is 60.9 Å². The van der Waals surface area contributed by atoms with Gasteiger partial charge in [-0.05, 0) is 36.1 Å². The van der Waals surface area contributed by atoms with Crippen molar-refractivity contribution in [2.45, 2.75) is 31.5 Å². The van der Waals surface area contributed by atoms with Gasteiger partial charge >= 0.3 is 0 Å². The summed E-state index contributed by atoms with van der Waals surface area (Å²) in [4.78, 5) is 13.3. The van der Waals surface area contributed by atoms with Crippen LogP contribution in [0.5, 0.6) is 0 Å². The number of benzene rings is 2. The molecule has 5 rings (SSSR count). The predicted molar refractivity (Wildman–Crippen MR) is 124 cm³/mol. The van der Waals surface area contributed by atoms with Gasteiger partial charge in [0.1, 0.15) is 18.0 Å². The maximum absolute atomic E-state index is 11.0. The molecule has 2 aliphatic rings. The quantitative estimate of drug-likeness (QED) is 0.648. The van der Waals surface area contributed by atoms with Gasteiger partial charge in [-0.1, -0.05) is 48.0 Å². The number of anilines is 3. The number of rotatable bonds is 4. The summed E-state index contributed by atoms with van der Waals surface area (Å²) in [7, 11) is 0. The van der Waals surface area contributed by atoms with Crippen LogP contribution in [0.25, 0.3) is 0 Å². The third-order valence-electron chi connectivity index (χ3n) is 6.29. The zero-order valence-electron chi connectivity index (χ0n) is 17.3. The van der Waals surface area contributed by atoms with Gasteiger partial charge in [-0.3, -0.25) is 4.90 Å². The SMILES string of the molecule is O[C@H]1CN(c2cc(Nc3ccccc3Cl)ncn2)CC[C@@H]1N1CCc2ccccc2C1. The zero-order chi connectivity index (χ0) is 21.2. The first kappa shape index (κ1) is 20.2. The fourth-order valence-electron chi connectivity index (χ4n) is 4.64. The fourth-order valence-corrected chi connectivity index (χ4v) is 4.83. The molecule has 1 aromatic heterocycles. The Kier molecular flexibility index (Phi) is 5.76. The van der Waals surface area contributed by atoms with Crippen molar-refractivity contribution < 1.29 is 5.11 Å². The molecule has 1 fully saturated rings. The first-order valence-electron chi connectivity index (χ1n) is 10.7. The Labute approximate surface area is 187 Å². The molecule has 0 saturated carbocycles. The van der Waals surface area contributed by atoms with Gasteiger partial charge in [0, 0.05) is 38.3 Å². The Morgan fingerprint density at radius 1 is 1.00 bits per heavy atom. The molecule has 0 unspecified atom stereocenters. The summed E-state index contributed by atoms with van der Waals surface area (Å²) in [5.41, 5.74) is 3.62. The molecule has 2 N–H and O–H groups in total. The molecular formula is C24H26ClN5O. The number of para-hydroxylation sites is 1. The van der Waals surface area contributed by atoms with Crippen molar-refractivity contribution in [2.24, 2.45) is 0 Å². The molecule has 0 spiro atoms. The van der Waals surface area contributed by atoms with Gasteiger partial charge in [-0.2, -0.15) is 0 Å². The van der Waals surface area contributed by atoms with E-state index in [-0.39, 0.29) is 6.04 Å². The summed E-state index contributed by atoms with van der Waals surface area (Å²) >= 11 is 6.25. The Balaban J connectivity index is 1.25. The van der Waals surface area contributed by atoms with Crippen LogP contribution < -0.4 is 10.2 Å². The largest absolute Gasteiger partial charge is 0.390 e. The summed E-state index contributed by atoms with van der Waals surface area (Å²) in [6.45, 7) is 3.32. The average Bonchev–Trinajstić information content (AvgIpc) is 2.80. The molecule has 1 saturated heterocycles. The van der Waals surface area contributed by atoms with Crippen LogP contribution in [0.1, 0.15) is 17.5 Å². The molecule has 7 heteroatoms. The van der Waals surface area contributed by atoms with Crippen molar-refractivity contribution in [3.8, 4) is 0 Å². The van der Waals surface area contributed by atoms with Crippen LogP contribution in [0, 0.1) is 0 Å². The summed E-state index contributed by atoms with van der Waals surface area (Å²) in [6.07, 6.45) is 3.08. The van der Waals surface area contributed by atoms with Gasteiger partial charge < -0.3 is 15.3 Å². The Morgan fingerprint density at radius 3 is 2.65 bits per heavy atom. The van der Waals surface area contributed by atoms with Crippen LogP contribution in [-0.2, 0) is 13.0 Å². The van der Waals surface area contributed by atoms with Crippen LogP contribution in [0.3, 0.4) is 0 Å². The maximum atomic E-state index is 11.0. The van der Waals surface area contributed by atoms with Gasteiger partial charge in [0.05, 0.1) is 16.8 Å². The summed E-state index contributed by atoms with van der Waals surface area (Å²) in [5.74, 6) is 1.49. The monoisotopic (exact) mass is 435 g/mol. The maximum Gasteiger partial charge on any atom is 0.135 e. The summed E-state index contributed by atoms with van der Waals surface area (Å²) in [5, 5.41) is 14.9. The van der Waals surface area contributed by atoms with Crippen LogP contribution >= 0.6 is 11.6 Å². The van der Waals surface area contributed by atoms with Crippen molar-refractivity contribution in [3.63, 3.8) is 0 Å². The van der Waals surface area contributed by atoms with E-state index in [0.29, 0.717) is 17.4 Å². The number of aromatic nitrogens is 2. The minimum Gasteiger partial charge on any atom is -0.390 e. The third-order valence-corrected chi connectivity index (χ3v) is 6.62. The van der Waals surface area contributed by atoms with E-state index < -0.39 is 6.10 Å². The number of nitrogens with one attached hydrogen (secondary N) is 1. The second-order valence-electron chi connectivity index (χ2n) is 8.22. The summed E-state index contributed by atoms with van der Waals surface area (Å²) < 4.78 is 0. The second kappa shape index (κ2) is 8.83. The first-order chi connectivity index (χ1) is 15.2. The van der Waals surface area contributed by atoms with E-state index in [1.807, 2.05) is 30.3 Å². The van der Waals surface area contributed by atoms with Crippen LogP contribution in [0.4, 0.5) is 17.3 Å². The Bertz CT molecular complexity index is 1060. The number of aliphatic hydroxyl groups is 1. The molecule has 0 radical (unpaired) electrons. The number of hydrogen-bond donors (Lipinski definition) is 2. The molecule has 3 heterocycles. The van der Waals surface area contributed by atoms with E-state index >= 15 is 0 Å². The Hall–Kier alpha value is -2.67. The molecule has 6 nitrogen and oxygen atoms in total. The number of halogens is 1. The molecule has 2 aromatic carbocycles. The van der Waals surface area contributed by atoms with E-state index in [1.165, 1.54) is 11.1 Å². The second-order valence-corrected chi connectivity index (χ2v) is 8.63. The van der Waals surface area contributed by atoms with E-state index in [9.17, 15) is 5.11 Å². The molecule has 0 aliphatic carbocycles. The first-order valence-corrected chi connectivity index (χ1v) is 11.1. The molecule has 2 atom stereocenters. The smallest absolute Gasteiger partial charge is 0.135 e. The lowest BCUT2D eigenvalue weighted by atomic mass is 9.94. The van der Waals surface area contributed by atoms with Gasteiger partial charge in [-0.15, -0.1) is 0 Å². The lowest BCUT2D eigenvalue weighted by Crippen LogP contribution is -2.55. The van der Waals surface area contributed by atoms with Crippen molar-refractivity contribution >= 4 is 28.9 Å². The average molecular weight is 436 g/mol. The number of aliphatic hydroxyl groups excluding tert-OH is 1. The molecular weight excluding hydrogens is 410 g/mol. The highest BCUT2D eigenvalue weighted by molar-refractivity contribution is 6.33. The molecule has 0 bridgehead atoms. The highest BCUT2D eigenvalue weighted by Crippen LogP contribution is 2.28. The fraction of sp³-hybridized carbons (Fsp3) is 0.333. The van der Waals surface area contributed by atoms with Crippen molar-refractivity contribution in [1.29, 1.82) is 0 Å². The third kappa shape index (κ3) is 4.37. The van der Waals surface area contributed by atoms with E-state index in [1.54, 1.807) is 6.33 Å². The zero-order valence-corrected chi connectivity index (χ0v) is 18.0. The molecule has 0 amide bonds. The minimum absolute atomic E-state index is 0.173. The number of hydrogen-bond acceptors (Lipinski definition) is 6. The number of fused-ring (bicyclic) bond motifs is 1. The van der Waals surface area contributed by atoms with E-state index in [0.717, 1.165) is 44.0 Å². The van der Waals surface area contributed by atoms with E-state index in [2.05, 4.69) is 49.4 Å². The highest BCUT2D eigenvalue weighted by atomic mass is 35.5. The molecule has 160 valence electrons. The van der Waals surface area contributed by atoms with Crippen molar-refractivity contribution in [3.05, 3.63) is 77.1 Å². The van der Waals surface area contributed by atoms with Gasteiger partial charge in [0.2, 0.25) is 0 Å².